The van der Waals surface area contributed by atoms with Crippen LogP contribution in [-0.4, -0.2) is 46.0 Å². The average molecular weight is 524 g/mol. The number of hydrogen-bond donors (Lipinski definition) is 1. The maximum atomic E-state index is 13.5. The molecule has 9 nitrogen and oxygen atoms in total. The van der Waals surface area contributed by atoms with Crippen LogP contribution in [0.25, 0.3) is 16.9 Å². The van der Waals surface area contributed by atoms with Crippen LogP contribution in [0.4, 0.5) is 0 Å². The number of fused-ring (bicyclic) bond motifs is 1. The minimum atomic E-state index is -3.83. The van der Waals surface area contributed by atoms with E-state index in [1.54, 1.807) is 24.6 Å². The van der Waals surface area contributed by atoms with Gasteiger partial charge in [-0.25, -0.2) is 17.9 Å². The summed E-state index contributed by atoms with van der Waals surface area (Å²) >= 11 is 0. The van der Waals surface area contributed by atoms with Crippen LogP contribution in [0.3, 0.4) is 0 Å². The third-order valence-corrected chi connectivity index (χ3v) is 8.01. The van der Waals surface area contributed by atoms with E-state index in [-0.39, 0.29) is 22.8 Å². The van der Waals surface area contributed by atoms with Gasteiger partial charge in [-0.1, -0.05) is 50.1 Å². The minimum absolute atomic E-state index is 0.0807. The van der Waals surface area contributed by atoms with Crippen molar-refractivity contribution in [2.75, 3.05) is 13.7 Å². The molecule has 1 N–H and O–H groups in total. The number of aryl methyl sites for hydroxylation is 2. The van der Waals surface area contributed by atoms with E-state index in [1.807, 2.05) is 37.3 Å². The van der Waals surface area contributed by atoms with Gasteiger partial charge in [0.1, 0.15) is 11.6 Å². The standard InChI is InChI=1S/C27H33N5O4S/c1-5-7-9-14-24-28-19(3)25-27(33)29-26(30-32(24)25)22-17-21(15-16-23(22)36-6-2)37(34,35)31(4)18-20-12-10-8-11-13-20/h8,10-13,15-17H,5-7,9,14,18H2,1-4H3,(H,29,30,33). The molecule has 0 bridgehead atoms. The number of imidazole rings is 1. The van der Waals surface area contributed by atoms with Gasteiger partial charge >= 0.3 is 0 Å². The lowest BCUT2D eigenvalue weighted by atomic mass is 10.2. The molecule has 2 heterocycles. The number of aromatic nitrogens is 4. The van der Waals surface area contributed by atoms with E-state index < -0.39 is 10.0 Å². The molecule has 0 aliphatic heterocycles. The van der Waals surface area contributed by atoms with E-state index in [4.69, 9.17) is 9.84 Å². The molecule has 0 saturated heterocycles. The Kier molecular flexibility index (Phi) is 8.09. The summed E-state index contributed by atoms with van der Waals surface area (Å²) in [4.78, 5) is 20.6. The maximum Gasteiger partial charge on any atom is 0.277 e. The predicted octanol–water partition coefficient (Wildman–Crippen LogP) is 4.35. The third-order valence-electron chi connectivity index (χ3n) is 6.21. The molecule has 10 heteroatoms. The topological polar surface area (TPSA) is 110 Å². The Labute approximate surface area is 217 Å². The molecule has 0 spiro atoms. The predicted molar refractivity (Wildman–Crippen MR) is 143 cm³/mol. The molecule has 0 fully saturated rings. The molecule has 0 amide bonds. The Morgan fingerprint density at radius 2 is 1.84 bits per heavy atom. The molecular weight excluding hydrogens is 490 g/mol. The van der Waals surface area contributed by atoms with Crippen LogP contribution < -0.4 is 10.3 Å². The molecule has 196 valence electrons. The first-order valence-corrected chi connectivity index (χ1v) is 14.0. The van der Waals surface area contributed by atoms with E-state index in [2.05, 4.69) is 16.9 Å². The number of nitrogens with zero attached hydrogens (tertiary/aromatic N) is 4. The number of H-pyrrole nitrogens is 1. The number of benzene rings is 2. The molecule has 0 saturated carbocycles. The Morgan fingerprint density at radius 3 is 2.54 bits per heavy atom. The van der Waals surface area contributed by atoms with Crippen molar-refractivity contribution in [3.8, 4) is 17.1 Å². The zero-order valence-electron chi connectivity index (χ0n) is 21.7. The van der Waals surface area contributed by atoms with Gasteiger partial charge in [-0.2, -0.15) is 4.31 Å². The van der Waals surface area contributed by atoms with Crippen LogP contribution in [0.5, 0.6) is 5.75 Å². The average Bonchev–Trinajstić information content (AvgIpc) is 3.20. The first-order valence-electron chi connectivity index (χ1n) is 12.5. The second-order valence-electron chi connectivity index (χ2n) is 8.97. The lowest BCUT2D eigenvalue weighted by Gasteiger charge is -2.19. The normalized spacial score (nSPS) is 11.9. The van der Waals surface area contributed by atoms with Gasteiger partial charge in [0.25, 0.3) is 5.56 Å². The molecule has 4 rings (SSSR count). The first kappa shape index (κ1) is 26.6. The van der Waals surface area contributed by atoms with Crippen LogP contribution in [0.15, 0.2) is 58.2 Å². The van der Waals surface area contributed by atoms with Crippen molar-refractivity contribution in [3.63, 3.8) is 0 Å². The molecule has 2 aromatic heterocycles. The van der Waals surface area contributed by atoms with Crippen LogP contribution in [0, 0.1) is 6.92 Å². The quantitative estimate of drug-likeness (QED) is 0.293. The Hall–Kier alpha value is -3.50. The fraction of sp³-hybridized carbons (Fsp3) is 0.370. The summed E-state index contributed by atoms with van der Waals surface area (Å²) < 4.78 is 35.6. The van der Waals surface area contributed by atoms with E-state index >= 15 is 0 Å². The summed E-state index contributed by atoms with van der Waals surface area (Å²) in [6, 6.07) is 14.0. The van der Waals surface area contributed by atoms with E-state index in [0.717, 1.165) is 24.8 Å². The zero-order valence-corrected chi connectivity index (χ0v) is 22.5. The van der Waals surface area contributed by atoms with Crippen LogP contribution in [-0.2, 0) is 23.0 Å². The van der Waals surface area contributed by atoms with Gasteiger partial charge in [-0.3, -0.25) is 4.79 Å². The molecular formula is C27H33N5O4S. The molecule has 0 atom stereocenters. The summed E-state index contributed by atoms with van der Waals surface area (Å²) in [5, 5.41) is 4.69. The van der Waals surface area contributed by atoms with Crippen LogP contribution in [0.1, 0.15) is 50.2 Å². The number of unbranched alkanes of at least 4 members (excludes halogenated alkanes) is 2. The highest BCUT2D eigenvalue weighted by atomic mass is 32.2. The van der Waals surface area contributed by atoms with Crippen molar-refractivity contribution in [3.05, 3.63) is 76.0 Å². The highest BCUT2D eigenvalue weighted by molar-refractivity contribution is 7.89. The number of rotatable bonds is 11. The van der Waals surface area contributed by atoms with Gasteiger partial charge in [-0.05, 0) is 44.0 Å². The summed E-state index contributed by atoms with van der Waals surface area (Å²) in [5.74, 6) is 1.36. The van der Waals surface area contributed by atoms with Gasteiger partial charge < -0.3 is 9.72 Å². The Balaban J connectivity index is 1.79. The largest absolute Gasteiger partial charge is 0.493 e. The van der Waals surface area contributed by atoms with Gasteiger partial charge in [0.15, 0.2) is 11.3 Å². The molecule has 0 aliphatic carbocycles. The number of hydrogen-bond acceptors (Lipinski definition) is 6. The lowest BCUT2D eigenvalue weighted by molar-refractivity contribution is 0.341. The van der Waals surface area contributed by atoms with Gasteiger partial charge in [-0.15, -0.1) is 5.10 Å². The van der Waals surface area contributed by atoms with E-state index in [1.165, 1.54) is 16.4 Å². The van der Waals surface area contributed by atoms with Gasteiger partial charge in [0.05, 0.1) is 22.8 Å². The van der Waals surface area contributed by atoms with Crippen molar-refractivity contribution in [1.29, 1.82) is 0 Å². The molecule has 2 aromatic carbocycles. The minimum Gasteiger partial charge on any atom is -0.493 e. The van der Waals surface area contributed by atoms with Crippen LogP contribution in [0.2, 0.25) is 0 Å². The molecule has 0 radical (unpaired) electrons. The van der Waals surface area contributed by atoms with Crippen molar-refractivity contribution < 1.29 is 13.2 Å². The summed E-state index contributed by atoms with van der Waals surface area (Å²) in [6.45, 7) is 6.35. The van der Waals surface area contributed by atoms with Gasteiger partial charge in [0.2, 0.25) is 10.0 Å². The SMILES string of the molecule is CCCCCc1nc(C)c2c(=O)[nH]c(-c3cc(S(=O)(=O)N(C)Cc4ccccc4)ccc3OCC)nn12. The summed E-state index contributed by atoms with van der Waals surface area (Å²) in [7, 11) is -2.29. The zero-order chi connectivity index (χ0) is 26.6. The monoisotopic (exact) mass is 523 g/mol. The highest BCUT2D eigenvalue weighted by Crippen LogP contribution is 2.31. The van der Waals surface area contributed by atoms with E-state index in [9.17, 15) is 13.2 Å². The van der Waals surface area contributed by atoms with E-state index in [0.29, 0.717) is 41.4 Å². The highest BCUT2D eigenvalue weighted by Gasteiger charge is 2.24. The van der Waals surface area contributed by atoms with Crippen molar-refractivity contribution in [1.82, 2.24) is 23.9 Å². The fourth-order valence-electron chi connectivity index (χ4n) is 4.29. The van der Waals surface area contributed by atoms with Gasteiger partial charge in [0, 0.05) is 20.0 Å². The molecule has 37 heavy (non-hydrogen) atoms. The maximum absolute atomic E-state index is 13.5. The lowest BCUT2D eigenvalue weighted by Crippen LogP contribution is -2.26. The second kappa shape index (κ2) is 11.3. The fourth-order valence-corrected chi connectivity index (χ4v) is 5.48. The van der Waals surface area contributed by atoms with Crippen molar-refractivity contribution in [2.45, 2.75) is 57.9 Å². The van der Waals surface area contributed by atoms with Crippen molar-refractivity contribution >= 4 is 15.5 Å². The Morgan fingerprint density at radius 1 is 1.08 bits per heavy atom. The molecule has 0 aliphatic rings. The third kappa shape index (κ3) is 5.60. The van der Waals surface area contributed by atoms with Crippen molar-refractivity contribution in [2.24, 2.45) is 0 Å². The molecule has 0 unspecified atom stereocenters. The number of aromatic amines is 1. The second-order valence-corrected chi connectivity index (χ2v) is 11.0. The number of nitrogens with one attached hydrogen (secondary N) is 1. The van der Waals surface area contributed by atoms with Crippen LogP contribution >= 0.6 is 0 Å². The smallest absolute Gasteiger partial charge is 0.277 e. The number of ether oxygens (including phenoxy) is 1. The molecule has 4 aromatic rings. The first-order chi connectivity index (χ1) is 17.8. The summed E-state index contributed by atoms with van der Waals surface area (Å²) in [5.41, 5.74) is 1.92. The summed E-state index contributed by atoms with van der Waals surface area (Å²) in [6.07, 6.45) is 3.74. The number of sulfonamides is 1. The Bertz CT molecular complexity index is 1540.